The van der Waals surface area contributed by atoms with Crippen molar-refractivity contribution in [2.24, 2.45) is 7.05 Å². The standard InChI is InChI=1S/C20H23N3O2S/c1-14-10-15(2)12-18(11-14)25-8-9-26-20-22-21-19(23(20)3)16-6-5-7-17(13-16)24-4/h5-7,10-13H,8-9H2,1-4H3. The Bertz CT molecular complexity index is 872. The highest BCUT2D eigenvalue weighted by molar-refractivity contribution is 7.99. The van der Waals surface area contributed by atoms with Crippen LogP contribution >= 0.6 is 11.8 Å². The smallest absolute Gasteiger partial charge is 0.191 e. The maximum absolute atomic E-state index is 5.86. The third-order valence-corrected chi connectivity index (χ3v) is 4.93. The van der Waals surface area contributed by atoms with Crippen molar-refractivity contribution >= 4 is 11.8 Å². The lowest BCUT2D eigenvalue weighted by Crippen LogP contribution is -2.02. The SMILES string of the molecule is COc1cccc(-c2nnc(SCCOc3cc(C)cc(C)c3)n2C)c1. The normalized spacial score (nSPS) is 10.8. The van der Waals surface area contributed by atoms with Crippen LogP contribution in [0.1, 0.15) is 11.1 Å². The molecule has 5 nitrogen and oxygen atoms in total. The predicted octanol–water partition coefficient (Wildman–Crippen LogP) is 4.28. The van der Waals surface area contributed by atoms with E-state index in [0.717, 1.165) is 33.8 Å². The Kier molecular flexibility index (Phi) is 5.83. The van der Waals surface area contributed by atoms with Crippen molar-refractivity contribution in [3.63, 3.8) is 0 Å². The van der Waals surface area contributed by atoms with Crippen LogP contribution < -0.4 is 9.47 Å². The van der Waals surface area contributed by atoms with E-state index >= 15 is 0 Å². The van der Waals surface area contributed by atoms with Gasteiger partial charge in [0.1, 0.15) is 11.5 Å². The summed E-state index contributed by atoms with van der Waals surface area (Å²) in [5, 5.41) is 9.48. The zero-order valence-corrected chi connectivity index (χ0v) is 16.3. The molecule has 3 aromatic rings. The van der Waals surface area contributed by atoms with Crippen LogP contribution in [0.15, 0.2) is 47.6 Å². The van der Waals surface area contributed by atoms with Crippen molar-refractivity contribution in [1.29, 1.82) is 0 Å². The van der Waals surface area contributed by atoms with Crippen molar-refractivity contribution < 1.29 is 9.47 Å². The first-order chi connectivity index (χ1) is 12.6. The monoisotopic (exact) mass is 369 g/mol. The van der Waals surface area contributed by atoms with Crippen molar-refractivity contribution in [3.8, 4) is 22.9 Å². The van der Waals surface area contributed by atoms with Crippen LogP contribution in [-0.2, 0) is 7.05 Å². The van der Waals surface area contributed by atoms with Gasteiger partial charge in [0, 0.05) is 18.4 Å². The van der Waals surface area contributed by atoms with Gasteiger partial charge < -0.3 is 14.0 Å². The summed E-state index contributed by atoms with van der Waals surface area (Å²) >= 11 is 1.63. The second-order valence-corrected chi connectivity index (χ2v) is 7.18. The Morgan fingerprint density at radius 3 is 2.50 bits per heavy atom. The molecule has 26 heavy (non-hydrogen) atoms. The summed E-state index contributed by atoms with van der Waals surface area (Å²) in [6, 6.07) is 14.1. The van der Waals surface area contributed by atoms with E-state index in [0.29, 0.717) is 6.61 Å². The molecule has 0 atom stereocenters. The first kappa shape index (κ1) is 18.3. The summed E-state index contributed by atoms with van der Waals surface area (Å²) < 4.78 is 13.1. The van der Waals surface area contributed by atoms with Gasteiger partial charge in [-0.2, -0.15) is 0 Å². The van der Waals surface area contributed by atoms with Crippen molar-refractivity contribution in [1.82, 2.24) is 14.8 Å². The van der Waals surface area contributed by atoms with E-state index in [4.69, 9.17) is 9.47 Å². The number of ether oxygens (including phenoxy) is 2. The first-order valence-electron chi connectivity index (χ1n) is 8.44. The summed E-state index contributed by atoms with van der Waals surface area (Å²) in [6.07, 6.45) is 0. The van der Waals surface area contributed by atoms with Gasteiger partial charge in [-0.25, -0.2) is 0 Å². The van der Waals surface area contributed by atoms with Crippen LogP contribution in [0.3, 0.4) is 0 Å². The van der Waals surface area contributed by atoms with Crippen LogP contribution in [0.5, 0.6) is 11.5 Å². The second kappa shape index (κ2) is 8.27. The number of rotatable bonds is 7. The summed E-state index contributed by atoms with van der Waals surface area (Å²) in [7, 11) is 3.63. The van der Waals surface area contributed by atoms with Gasteiger partial charge >= 0.3 is 0 Å². The topological polar surface area (TPSA) is 49.2 Å². The fraction of sp³-hybridized carbons (Fsp3) is 0.300. The number of methoxy groups -OCH3 is 1. The number of benzene rings is 2. The van der Waals surface area contributed by atoms with Crippen LogP contribution in [0.2, 0.25) is 0 Å². The van der Waals surface area contributed by atoms with Gasteiger partial charge in [0.2, 0.25) is 0 Å². The van der Waals surface area contributed by atoms with Gasteiger partial charge in [-0.3, -0.25) is 0 Å². The molecular formula is C20H23N3O2S. The third-order valence-electron chi connectivity index (χ3n) is 3.94. The van der Waals surface area contributed by atoms with Crippen molar-refractivity contribution in [2.75, 3.05) is 19.5 Å². The van der Waals surface area contributed by atoms with E-state index < -0.39 is 0 Å². The summed E-state index contributed by atoms with van der Waals surface area (Å²) in [6.45, 7) is 4.78. The first-order valence-corrected chi connectivity index (χ1v) is 9.43. The minimum atomic E-state index is 0.620. The molecule has 136 valence electrons. The molecule has 1 heterocycles. The molecule has 3 rings (SSSR count). The van der Waals surface area contributed by atoms with Gasteiger partial charge in [0.05, 0.1) is 13.7 Å². The number of nitrogens with zero attached hydrogens (tertiary/aromatic N) is 3. The van der Waals surface area contributed by atoms with E-state index in [1.165, 1.54) is 11.1 Å². The Morgan fingerprint density at radius 2 is 1.77 bits per heavy atom. The molecule has 0 N–H and O–H groups in total. The minimum absolute atomic E-state index is 0.620. The molecule has 1 aromatic heterocycles. The zero-order chi connectivity index (χ0) is 18.5. The molecule has 0 bridgehead atoms. The van der Waals surface area contributed by atoms with Gasteiger partial charge in [-0.1, -0.05) is 30.0 Å². The number of aryl methyl sites for hydroxylation is 2. The maximum Gasteiger partial charge on any atom is 0.191 e. The van der Waals surface area contributed by atoms with E-state index in [2.05, 4.69) is 42.2 Å². The third kappa shape index (κ3) is 4.38. The minimum Gasteiger partial charge on any atom is -0.497 e. The average Bonchev–Trinajstić information content (AvgIpc) is 2.99. The Morgan fingerprint density at radius 1 is 1.00 bits per heavy atom. The van der Waals surface area contributed by atoms with Gasteiger partial charge in [0.15, 0.2) is 11.0 Å². The van der Waals surface area contributed by atoms with E-state index in [1.54, 1.807) is 18.9 Å². The summed E-state index contributed by atoms with van der Waals surface area (Å²) in [5.41, 5.74) is 3.41. The molecule has 0 radical (unpaired) electrons. The molecule has 0 aliphatic rings. The lowest BCUT2D eigenvalue weighted by atomic mass is 10.1. The molecule has 0 unspecified atom stereocenters. The zero-order valence-electron chi connectivity index (χ0n) is 15.5. The molecule has 0 saturated carbocycles. The van der Waals surface area contributed by atoms with Gasteiger partial charge in [-0.15, -0.1) is 10.2 Å². The van der Waals surface area contributed by atoms with E-state index in [-0.39, 0.29) is 0 Å². The molecule has 6 heteroatoms. The number of thioether (sulfide) groups is 1. The lowest BCUT2D eigenvalue weighted by Gasteiger charge is -2.08. The van der Waals surface area contributed by atoms with Crippen molar-refractivity contribution in [3.05, 3.63) is 53.6 Å². The number of aromatic nitrogens is 3. The van der Waals surface area contributed by atoms with Gasteiger partial charge in [0.25, 0.3) is 0 Å². The molecular weight excluding hydrogens is 346 g/mol. The quantitative estimate of drug-likeness (QED) is 0.460. The molecule has 0 aliphatic carbocycles. The van der Waals surface area contributed by atoms with Crippen LogP contribution in [-0.4, -0.2) is 34.2 Å². The molecule has 0 spiro atoms. The molecule has 0 amide bonds. The maximum atomic E-state index is 5.86. The highest BCUT2D eigenvalue weighted by Crippen LogP contribution is 2.25. The second-order valence-electron chi connectivity index (χ2n) is 6.12. The molecule has 0 fully saturated rings. The Hall–Kier alpha value is -2.47. The molecule has 0 saturated heterocycles. The number of hydrogen-bond acceptors (Lipinski definition) is 5. The highest BCUT2D eigenvalue weighted by Gasteiger charge is 2.12. The average molecular weight is 369 g/mol. The van der Waals surface area contributed by atoms with Crippen molar-refractivity contribution in [2.45, 2.75) is 19.0 Å². The van der Waals surface area contributed by atoms with Crippen LogP contribution in [0.25, 0.3) is 11.4 Å². The molecule has 2 aromatic carbocycles. The largest absolute Gasteiger partial charge is 0.497 e. The van der Waals surface area contributed by atoms with Crippen LogP contribution in [0.4, 0.5) is 0 Å². The molecule has 0 aliphatic heterocycles. The van der Waals surface area contributed by atoms with Gasteiger partial charge in [-0.05, 0) is 49.2 Å². The Balaban J connectivity index is 1.60. The lowest BCUT2D eigenvalue weighted by molar-refractivity contribution is 0.343. The van der Waals surface area contributed by atoms with E-state index in [9.17, 15) is 0 Å². The fourth-order valence-electron chi connectivity index (χ4n) is 2.76. The number of hydrogen-bond donors (Lipinski definition) is 0. The summed E-state index contributed by atoms with van der Waals surface area (Å²) in [5.74, 6) is 3.35. The summed E-state index contributed by atoms with van der Waals surface area (Å²) in [4.78, 5) is 0. The predicted molar refractivity (Wildman–Crippen MR) is 105 cm³/mol. The Labute approximate surface area is 158 Å². The fourth-order valence-corrected chi connectivity index (χ4v) is 3.49. The van der Waals surface area contributed by atoms with E-state index in [1.807, 2.05) is 35.9 Å². The highest BCUT2D eigenvalue weighted by atomic mass is 32.2. The van der Waals surface area contributed by atoms with Crippen LogP contribution in [0, 0.1) is 13.8 Å².